The van der Waals surface area contributed by atoms with Gasteiger partial charge in [-0.3, -0.25) is 4.68 Å². The number of aromatic nitrogens is 2. The summed E-state index contributed by atoms with van der Waals surface area (Å²) in [6.07, 6.45) is -0.467. The molecule has 0 aliphatic carbocycles. The van der Waals surface area contributed by atoms with Gasteiger partial charge in [-0.2, -0.15) is 18.3 Å². The summed E-state index contributed by atoms with van der Waals surface area (Å²) < 4.78 is 39.9. The number of rotatable bonds is 5. The largest absolute Gasteiger partial charge is 0.490 e. The second-order valence-corrected chi connectivity index (χ2v) is 7.00. The van der Waals surface area contributed by atoms with Crippen molar-refractivity contribution in [1.82, 2.24) is 14.7 Å². The molecule has 0 saturated carbocycles. The van der Waals surface area contributed by atoms with Crippen molar-refractivity contribution in [3.8, 4) is 5.75 Å². The van der Waals surface area contributed by atoms with E-state index >= 15 is 0 Å². The Balaban J connectivity index is 0.000000370. The van der Waals surface area contributed by atoms with Gasteiger partial charge in [-0.15, -0.1) is 0 Å². The molecule has 160 valence electrons. The van der Waals surface area contributed by atoms with Gasteiger partial charge in [-0.25, -0.2) is 4.79 Å². The van der Waals surface area contributed by atoms with Crippen LogP contribution in [0.3, 0.4) is 0 Å². The summed E-state index contributed by atoms with van der Waals surface area (Å²) in [5.41, 5.74) is 2.34. The van der Waals surface area contributed by atoms with E-state index in [-0.39, 0.29) is 0 Å². The fourth-order valence-electron chi connectivity index (χ4n) is 2.96. The van der Waals surface area contributed by atoms with E-state index in [1.165, 1.54) is 5.56 Å². The first-order valence-electron chi connectivity index (χ1n) is 9.39. The van der Waals surface area contributed by atoms with Gasteiger partial charge in [-0.1, -0.05) is 12.1 Å². The van der Waals surface area contributed by atoms with Crippen LogP contribution < -0.4 is 4.74 Å². The lowest BCUT2D eigenvalue weighted by Gasteiger charge is -2.32. The van der Waals surface area contributed by atoms with E-state index in [1.54, 1.807) is 0 Å². The number of halogens is 3. The number of aryl methyl sites for hydroxylation is 2. The quantitative estimate of drug-likeness (QED) is 0.810. The maximum Gasteiger partial charge on any atom is 0.490 e. The van der Waals surface area contributed by atoms with Gasteiger partial charge in [0.2, 0.25) is 0 Å². The Morgan fingerprint density at radius 2 is 1.86 bits per heavy atom. The van der Waals surface area contributed by atoms with E-state index in [0.717, 1.165) is 50.5 Å². The number of hydrogen-bond donors (Lipinski definition) is 1. The van der Waals surface area contributed by atoms with Gasteiger partial charge in [0.25, 0.3) is 0 Å². The van der Waals surface area contributed by atoms with Crippen LogP contribution in [0.2, 0.25) is 0 Å². The molecule has 0 radical (unpaired) electrons. The van der Waals surface area contributed by atoms with E-state index in [0.29, 0.717) is 6.10 Å². The number of carboxylic acids is 1. The molecule has 2 heterocycles. The molecule has 1 N–H and O–H groups in total. The van der Waals surface area contributed by atoms with Crippen LogP contribution in [0.15, 0.2) is 36.5 Å². The third-order valence-electron chi connectivity index (χ3n) is 4.49. The van der Waals surface area contributed by atoms with Crippen LogP contribution in [0.4, 0.5) is 13.2 Å². The van der Waals surface area contributed by atoms with Crippen LogP contribution in [0.25, 0.3) is 0 Å². The summed E-state index contributed by atoms with van der Waals surface area (Å²) >= 11 is 0. The van der Waals surface area contributed by atoms with E-state index in [4.69, 9.17) is 14.6 Å². The third kappa shape index (κ3) is 8.15. The molecule has 2 aromatic rings. The summed E-state index contributed by atoms with van der Waals surface area (Å²) in [6, 6.07) is 10.4. The van der Waals surface area contributed by atoms with Crippen molar-refractivity contribution in [1.29, 1.82) is 0 Å². The van der Waals surface area contributed by atoms with Crippen molar-refractivity contribution in [2.24, 2.45) is 0 Å². The van der Waals surface area contributed by atoms with Gasteiger partial charge in [0.1, 0.15) is 11.9 Å². The summed E-state index contributed by atoms with van der Waals surface area (Å²) in [7, 11) is 0. The van der Waals surface area contributed by atoms with Gasteiger partial charge < -0.3 is 14.7 Å². The Labute approximate surface area is 167 Å². The smallest absolute Gasteiger partial charge is 0.490 e. The first-order chi connectivity index (χ1) is 13.6. The monoisotopic (exact) mass is 413 g/mol. The Morgan fingerprint density at radius 3 is 2.38 bits per heavy atom. The van der Waals surface area contributed by atoms with Crippen LogP contribution in [0.1, 0.15) is 24.1 Å². The van der Waals surface area contributed by atoms with E-state index in [2.05, 4.69) is 53.5 Å². The number of alkyl halides is 3. The topological polar surface area (TPSA) is 67.6 Å². The third-order valence-corrected chi connectivity index (χ3v) is 4.49. The lowest BCUT2D eigenvalue weighted by molar-refractivity contribution is -0.192. The van der Waals surface area contributed by atoms with Gasteiger partial charge in [0.05, 0.1) is 12.2 Å². The Kier molecular flexibility index (Phi) is 8.07. The van der Waals surface area contributed by atoms with Crippen LogP contribution in [0.5, 0.6) is 5.75 Å². The predicted octanol–water partition coefficient (Wildman–Crippen LogP) is 3.68. The number of benzene rings is 1. The van der Waals surface area contributed by atoms with Gasteiger partial charge in [-0.05, 0) is 50.5 Å². The fraction of sp³-hybridized carbons (Fsp3) is 0.500. The number of carbonyl (C=O) groups is 1. The molecule has 3 rings (SSSR count). The van der Waals surface area contributed by atoms with Gasteiger partial charge in [0.15, 0.2) is 0 Å². The van der Waals surface area contributed by atoms with E-state index in [9.17, 15) is 13.2 Å². The van der Waals surface area contributed by atoms with Crippen molar-refractivity contribution >= 4 is 5.97 Å². The maximum atomic E-state index is 10.6. The number of nitrogens with zero attached hydrogens (tertiary/aromatic N) is 3. The Hall–Kier alpha value is -2.55. The van der Waals surface area contributed by atoms with Crippen LogP contribution >= 0.6 is 0 Å². The number of hydrogen-bond acceptors (Lipinski definition) is 4. The molecule has 0 amide bonds. The number of ether oxygens (including phenoxy) is 1. The maximum absolute atomic E-state index is 10.6. The molecule has 6 nitrogen and oxygen atoms in total. The van der Waals surface area contributed by atoms with Crippen LogP contribution in [0, 0.1) is 13.8 Å². The van der Waals surface area contributed by atoms with Gasteiger partial charge in [0, 0.05) is 25.8 Å². The lowest BCUT2D eigenvalue weighted by Crippen LogP contribution is -2.39. The minimum atomic E-state index is -5.08. The molecule has 0 bridgehead atoms. The molecule has 9 heteroatoms. The average molecular weight is 413 g/mol. The predicted molar refractivity (Wildman–Crippen MR) is 102 cm³/mol. The average Bonchev–Trinajstić information content (AvgIpc) is 3.06. The van der Waals surface area contributed by atoms with Crippen molar-refractivity contribution < 1.29 is 27.8 Å². The minimum absolute atomic E-state index is 0.352. The minimum Gasteiger partial charge on any atom is -0.490 e. The summed E-state index contributed by atoms with van der Waals surface area (Å²) in [5, 5.41) is 11.6. The van der Waals surface area contributed by atoms with Crippen LogP contribution in [-0.4, -0.2) is 57.7 Å². The summed E-state index contributed by atoms with van der Waals surface area (Å²) in [6.45, 7) is 8.39. The Bertz CT molecular complexity index is 785. The molecule has 1 fully saturated rings. The molecule has 1 aromatic heterocycles. The van der Waals surface area contributed by atoms with Crippen molar-refractivity contribution in [2.75, 3.05) is 19.6 Å². The number of piperidine rings is 1. The molecule has 1 aliphatic heterocycles. The highest BCUT2D eigenvalue weighted by Gasteiger charge is 2.38. The highest BCUT2D eigenvalue weighted by Crippen LogP contribution is 2.20. The van der Waals surface area contributed by atoms with Crippen molar-refractivity contribution in [3.05, 3.63) is 47.8 Å². The number of likely N-dealkylation sites (tertiary alicyclic amines) is 1. The zero-order valence-corrected chi connectivity index (χ0v) is 16.5. The molecule has 1 saturated heterocycles. The molecule has 0 atom stereocenters. The molecular weight excluding hydrogens is 387 g/mol. The zero-order valence-electron chi connectivity index (χ0n) is 16.5. The number of aliphatic carboxylic acids is 1. The zero-order chi connectivity index (χ0) is 21.4. The fourth-order valence-corrected chi connectivity index (χ4v) is 2.96. The van der Waals surface area contributed by atoms with Crippen molar-refractivity contribution in [3.63, 3.8) is 0 Å². The molecule has 0 spiro atoms. The molecule has 29 heavy (non-hydrogen) atoms. The SMILES string of the molecule is Cc1cccc(OC2CCN(CCn3ccc(C)n3)CC2)c1.O=C(O)C(F)(F)F. The molecule has 1 aliphatic rings. The lowest BCUT2D eigenvalue weighted by atomic mass is 10.1. The highest BCUT2D eigenvalue weighted by atomic mass is 19.4. The standard InChI is InChI=1S/C18H25N3O.C2HF3O2/c1-15-4-3-5-18(14-15)22-17-7-9-20(10-8-17)12-13-21-11-6-16(2)19-21;3-2(4,5)1(6)7/h3-6,11,14,17H,7-10,12-13H2,1-2H3;(H,6,7). The van der Waals surface area contributed by atoms with Gasteiger partial charge >= 0.3 is 12.1 Å². The second kappa shape index (κ2) is 10.3. The summed E-state index contributed by atoms with van der Waals surface area (Å²) in [5.74, 6) is -1.75. The number of carboxylic acid groups (broad SMARTS) is 1. The Morgan fingerprint density at radius 1 is 1.21 bits per heavy atom. The molecule has 1 aromatic carbocycles. The van der Waals surface area contributed by atoms with Crippen LogP contribution in [-0.2, 0) is 11.3 Å². The molecule has 0 unspecified atom stereocenters. The van der Waals surface area contributed by atoms with E-state index in [1.807, 2.05) is 11.6 Å². The van der Waals surface area contributed by atoms with Crippen molar-refractivity contribution in [2.45, 2.75) is 45.5 Å². The first-order valence-corrected chi connectivity index (χ1v) is 9.39. The highest BCUT2D eigenvalue weighted by molar-refractivity contribution is 5.73. The second-order valence-electron chi connectivity index (χ2n) is 7.00. The van der Waals surface area contributed by atoms with E-state index < -0.39 is 12.1 Å². The summed E-state index contributed by atoms with van der Waals surface area (Å²) in [4.78, 5) is 11.4. The first kappa shape index (κ1) is 22.7. The normalized spacial score (nSPS) is 15.5. The molecular formula is C20H26F3N3O3.